The summed E-state index contributed by atoms with van der Waals surface area (Å²) >= 11 is 1.96. The maximum atomic E-state index is 12.2. The van der Waals surface area contributed by atoms with Gasteiger partial charge in [0.2, 0.25) is 0 Å². The van der Waals surface area contributed by atoms with Crippen molar-refractivity contribution in [3.8, 4) is 0 Å². The maximum Gasteiger partial charge on any atom is 0.289 e. The number of carbonyl (C=O) groups excluding carboxylic acids is 1. The van der Waals surface area contributed by atoms with E-state index in [4.69, 9.17) is 0 Å². The molecule has 1 fully saturated rings. The van der Waals surface area contributed by atoms with Crippen LogP contribution in [-0.4, -0.2) is 44.9 Å². The van der Waals surface area contributed by atoms with Crippen LogP contribution in [0.25, 0.3) is 0 Å². The number of imidazole rings is 1. The minimum atomic E-state index is 0.0404. The Morgan fingerprint density at radius 2 is 2.53 bits per heavy atom. The lowest BCUT2D eigenvalue weighted by Crippen LogP contribution is -2.36. The molecule has 1 aliphatic heterocycles. The molecule has 4 nitrogen and oxygen atoms in total. The Kier molecular flexibility index (Phi) is 4.48. The molecule has 1 amide bonds. The van der Waals surface area contributed by atoms with Crippen molar-refractivity contribution >= 4 is 17.7 Å². The van der Waals surface area contributed by atoms with Gasteiger partial charge in [0.05, 0.1) is 0 Å². The number of aromatic nitrogens is 2. The molecule has 0 radical (unpaired) electrons. The number of nitrogens with one attached hydrogen (secondary N) is 1. The molecule has 2 heterocycles. The lowest BCUT2D eigenvalue weighted by Gasteiger charge is -2.23. The summed E-state index contributed by atoms with van der Waals surface area (Å²) in [5.41, 5.74) is 0. The molecule has 17 heavy (non-hydrogen) atoms. The van der Waals surface area contributed by atoms with Gasteiger partial charge in [0.15, 0.2) is 5.82 Å². The third kappa shape index (κ3) is 3.25. The second-order valence-corrected chi connectivity index (χ2v) is 5.84. The summed E-state index contributed by atoms with van der Waals surface area (Å²) in [6.07, 6.45) is 6.87. The summed E-state index contributed by atoms with van der Waals surface area (Å²) in [4.78, 5) is 21.1. The second kappa shape index (κ2) is 6.10. The Bertz CT molecular complexity index is 353. The summed E-state index contributed by atoms with van der Waals surface area (Å²) in [7, 11) is 0. The Morgan fingerprint density at radius 3 is 3.24 bits per heavy atom. The molecule has 0 bridgehead atoms. The molecule has 0 saturated carbocycles. The third-order valence-corrected chi connectivity index (χ3v) is 4.21. The first-order valence-electron chi connectivity index (χ1n) is 6.21. The molecule has 0 aromatic carbocycles. The number of rotatable bonds is 3. The van der Waals surface area contributed by atoms with Crippen LogP contribution < -0.4 is 0 Å². The molecule has 2 rings (SSSR count). The summed E-state index contributed by atoms with van der Waals surface area (Å²) in [6.45, 7) is 3.90. The van der Waals surface area contributed by atoms with Crippen LogP contribution in [0.1, 0.15) is 36.8 Å². The monoisotopic (exact) mass is 253 g/mol. The van der Waals surface area contributed by atoms with E-state index in [0.717, 1.165) is 25.3 Å². The molecular formula is C12H19N3OS. The van der Waals surface area contributed by atoms with Gasteiger partial charge >= 0.3 is 0 Å². The largest absolute Gasteiger partial charge is 0.341 e. The highest BCUT2D eigenvalue weighted by molar-refractivity contribution is 7.99. The first kappa shape index (κ1) is 12.5. The van der Waals surface area contributed by atoms with Crippen molar-refractivity contribution in [2.45, 2.75) is 31.4 Å². The van der Waals surface area contributed by atoms with Gasteiger partial charge in [0.25, 0.3) is 5.91 Å². The van der Waals surface area contributed by atoms with E-state index in [1.165, 1.54) is 12.8 Å². The van der Waals surface area contributed by atoms with Crippen LogP contribution in [0.4, 0.5) is 0 Å². The molecule has 0 spiro atoms. The molecule has 1 unspecified atom stereocenters. The van der Waals surface area contributed by atoms with Crippen molar-refractivity contribution in [2.75, 3.05) is 18.8 Å². The van der Waals surface area contributed by atoms with Crippen LogP contribution in [0.2, 0.25) is 0 Å². The van der Waals surface area contributed by atoms with E-state index < -0.39 is 0 Å². The van der Waals surface area contributed by atoms with Gasteiger partial charge in [-0.2, -0.15) is 11.8 Å². The number of thioether (sulfide) groups is 1. The number of nitrogens with zero attached hydrogens (tertiary/aromatic N) is 2. The van der Waals surface area contributed by atoms with Crippen LogP contribution in [0.5, 0.6) is 0 Å². The number of hydrogen-bond donors (Lipinski definition) is 1. The van der Waals surface area contributed by atoms with E-state index in [2.05, 4.69) is 16.9 Å². The maximum absolute atomic E-state index is 12.2. The third-order valence-electron chi connectivity index (χ3n) is 3.02. The molecule has 94 valence electrons. The second-order valence-electron chi connectivity index (χ2n) is 4.26. The number of hydrogen-bond acceptors (Lipinski definition) is 3. The highest BCUT2D eigenvalue weighted by atomic mass is 32.2. The van der Waals surface area contributed by atoms with Crippen molar-refractivity contribution in [3.05, 3.63) is 18.2 Å². The Balaban J connectivity index is 2.01. The smallest absolute Gasteiger partial charge is 0.289 e. The topological polar surface area (TPSA) is 49.0 Å². The van der Waals surface area contributed by atoms with Crippen molar-refractivity contribution in [2.24, 2.45) is 0 Å². The average molecular weight is 253 g/mol. The van der Waals surface area contributed by atoms with Gasteiger partial charge in [-0.1, -0.05) is 13.3 Å². The lowest BCUT2D eigenvalue weighted by molar-refractivity contribution is 0.0752. The number of amides is 1. The molecule has 1 aromatic rings. The molecule has 1 atom stereocenters. The average Bonchev–Trinajstić information content (AvgIpc) is 2.76. The molecule has 0 aliphatic carbocycles. The highest BCUT2D eigenvalue weighted by Gasteiger charge is 2.23. The first-order valence-corrected chi connectivity index (χ1v) is 7.26. The molecule has 1 saturated heterocycles. The summed E-state index contributed by atoms with van der Waals surface area (Å²) in [5, 5.41) is 0.585. The number of H-pyrrole nitrogens is 1. The normalized spacial score (nSPS) is 21.2. The van der Waals surface area contributed by atoms with E-state index in [0.29, 0.717) is 11.1 Å². The van der Waals surface area contributed by atoms with Crippen LogP contribution in [0, 0.1) is 0 Å². The molecule has 1 aliphatic rings. The van der Waals surface area contributed by atoms with Crippen molar-refractivity contribution in [1.29, 1.82) is 0 Å². The van der Waals surface area contributed by atoms with Crippen molar-refractivity contribution in [1.82, 2.24) is 14.9 Å². The van der Waals surface area contributed by atoms with Gasteiger partial charge in [-0.05, 0) is 18.6 Å². The van der Waals surface area contributed by atoms with Gasteiger partial charge < -0.3 is 9.88 Å². The van der Waals surface area contributed by atoms with E-state index >= 15 is 0 Å². The fourth-order valence-corrected chi connectivity index (χ4v) is 3.28. The fourth-order valence-electron chi connectivity index (χ4n) is 2.19. The van der Waals surface area contributed by atoms with Gasteiger partial charge in [-0.3, -0.25) is 4.79 Å². The van der Waals surface area contributed by atoms with Gasteiger partial charge in [0.1, 0.15) is 0 Å². The first-order chi connectivity index (χ1) is 8.31. The molecule has 1 N–H and O–H groups in total. The van der Waals surface area contributed by atoms with E-state index in [1.807, 2.05) is 16.7 Å². The van der Waals surface area contributed by atoms with Crippen molar-refractivity contribution < 1.29 is 4.79 Å². The number of carbonyl (C=O) groups is 1. The minimum Gasteiger partial charge on any atom is -0.341 e. The van der Waals surface area contributed by atoms with Crippen molar-refractivity contribution in [3.63, 3.8) is 0 Å². The molecule has 1 aromatic heterocycles. The fraction of sp³-hybridized carbons (Fsp3) is 0.667. The summed E-state index contributed by atoms with van der Waals surface area (Å²) in [5.74, 6) is 1.62. The highest BCUT2D eigenvalue weighted by Crippen LogP contribution is 2.22. The van der Waals surface area contributed by atoms with E-state index in [1.54, 1.807) is 12.4 Å². The predicted octanol–water partition coefficient (Wildman–Crippen LogP) is 2.16. The predicted molar refractivity (Wildman–Crippen MR) is 70.3 cm³/mol. The van der Waals surface area contributed by atoms with Gasteiger partial charge in [-0.25, -0.2) is 4.98 Å². The summed E-state index contributed by atoms with van der Waals surface area (Å²) < 4.78 is 0. The zero-order valence-corrected chi connectivity index (χ0v) is 11.0. The van der Waals surface area contributed by atoms with Gasteiger partial charge in [-0.15, -0.1) is 0 Å². The Hall–Kier alpha value is -0.970. The minimum absolute atomic E-state index is 0.0404. The van der Waals surface area contributed by atoms with Crippen LogP contribution >= 0.6 is 11.8 Å². The molecular weight excluding hydrogens is 234 g/mol. The zero-order valence-electron chi connectivity index (χ0n) is 10.2. The van der Waals surface area contributed by atoms with Crippen LogP contribution in [0.15, 0.2) is 12.4 Å². The van der Waals surface area contributed by atoms with E-state index in [9.17, 15) is 4.79 Å². The zero-order chi connectivity index (χ0) is 12.1. The standard InChI is InChI=1S/C12H19N3OS/c1-2-17-10-5-3-4-8-15(9-10)12(16)11-13-6-7-14-11/h6-7,10H,2-5,8-9H2,1H3,(H,13,14). The summed E-state index contributed by atoms with van der Waals surface area (Å²) in [6, 6.07) is 0. The Labute approximate surface area is 106 Å². The number of aromatic amines is 1. The lowest BCUT2D eigenvalue weighted by atomic mass is 10.2. The Morgan fingerprint density at radius 1 is 1.65 bits per heavy atom. The van der Waals surface area contributed by atoms with Gasteiger partial charge in [0, 0.05) is 30.7 Å². The molecule has 5 heteroatoms. The SMILES string of the molecule is CCSC1CCCCN(C(=O)c2ncc[nH]2)C1. The quantitative estimate of drug-likeness (QED) is 0.898. The number of likely N-dealkylation sites (tertiary alicyclic amines) is 1. The van der Waals surface area contributed by atoms with Crippen LogP contribution in [-0.2, 0) is 0 Å². The van der Waals surface area contributed by atoms with Crippen LogP contribution in [0.3, 0.4) is 0 Å². The van der Waals surface area contributed by atoms with E-state index in [-0.39, 0.29) is 5.91 Å².